The van der Waals surface area contributed by atoms with E-state index in [2.05, 4.69) is 18.6 Å². The second kappa shape index (κ2) is 6.86. The van der Waals surface area contributed by atoms with Crippen LogP contribution in [0, 0.1) is 23.2 Å². The summed E-state index contributed by atoms with van der Waals surface area (Å²) in [4.78, 5) is 11.1. The van der Waals surface area contributed by atoms with E-state index < -0.39 is 10.0 Å². The molecule has 6 heteroatoms. The maximum absolute atomic E-state index is 12.5. The van der Waals surface area contributed by atoms with E-state index in [1.807, 2.05) is 0 Å². The van der Waals surface area contributed by atoms with Crippen molar-refractivity contribution in [2.75, 3.05) is 0 Å². The first-order valence-corrected chi connectivity index (χ1v) is 10.5. The van der Waals surface area contributed by atoms with E-state index in [4.69, 9.17) is 11.6 Å². The van der Waals surface area contributed by atoms with E-state index >= 15 is 0 Å². The van der Waals surface area contributed by atoms with Crippen LogP contribution in [0.25, 0.3) is 6.08 Å². The average molecular weight is 382 g/mol. The minimum Gasteiger partial charge on any atom is -0.303 e. The van der Waals surface area contributed by atoms with Crippen LogP contribution in [-0.2, 0) is 14.8 Å². The molecule has 0 amide bonds. The number of sulfonamides is 1. The lowest BCUT2D eigenvalue weighted by Crippen LogP contribution is -2.61. The summed E-state index contributed by atoms with van der Waals surface area (Å²) in [5.41, 5.74) is 0.973. The molecule has 3 aliphatic rings. The number of benzene rings is 1. The van der Waals surface area contributed by atoms with Gasteiger partial charge in [0.1, 0.15) is 6.29 Å². The molecule has 4 atom stereocenters. The number of carbonyl (C=O) groups excluding carboxylic acids is 1. The van der Waals surface area contributed by atoms with Gasteiger partial charge in [-0.3, -0.25) is 0 Å². The number of nitrogens with one attached hydrogen (secondary N) is 1. The Kier molecular flexibility index (Phi) is 5.11. The van der Waals surface area contributed by atoms with Gasteiger partial charge in [0.2, 0.25) is 10.0 Å². The van der Waals surface area contributed by atoms with Crippen LogP contribution in [0.5, 0.6) is 0 Å². The van der Waals surface area contributed by atoms with E-state index in [1.54, 1.807) is 30.3 Å². The number of aldehydes is 1. The van der Waals surface area contributed by atoms with Gasteiger partial charge in [-0.2, -0.15) is 0 Å². The molecule has 1 aromatic rings. The Hall–Kier alpha value is -1.17. The van der Waals surface area contributed by atoms with Gasteiger partial charge in [-0.15, -0.1) is 0 Å². The van der Waals surface area contributed by atoms with Gasteiger partial charge in [-0.1, -0.05) is 37.6 Å². The molecule has 0 radical (unpaired) electrons. The normalized spacial score (nSPS) is 30.8. The molecule has 4 nitrogen and oxygen atoms in total. The summed E-state index contributed by atoms with van der Waals surface area (Å²) in [6, 6.07) is 6.81. The van der Waals surface area contributed by atoms with E-state index in [0.717, 1.165) is 24.7 Å². The summed E-state index contributed by atoms with van der Waals surface area (Å²) in [7, 11) is -3.56. The first kappa shape index (κ1) is 18.6. The lowest BCUT2D eigenvalue weighted by molar-refractivity contribution is -0.128. The molecule has 3 saturated carbocycles. The van der Waals surface area contributed by atoms with Gasteiger partial charge < -0.3 is 4.79 Å². The second-order valence-corrected chi connectivity index (χ2v) is 9.82. The fraction of sp³-hybridized carbons (Fsp3) is 0.526. The van der Waals surface area contributed by atoms with Crippen LogP contribution in [0.2, 0.25) is 5.02 Å². The molecular formula is C19H24ClNO3S. The van der Waals surface area contributed by atoms with Crippen LogP contribution in [0.15, 0.2) is 29.7 Å². The number of carbonyl (C=O) groups is 1. The first-order valence-electron chi connectivity index (χ1n) is 8.62. The molecule has 1 aromatic carbocycles. The van der Waals surface area contributed by atoms with Gasteiger partial charge in [-0.05, 0) is 59.8 Å². The highest BCUT2D eigenvalue weighted by atomic mass is 35.5. The SMILES string of the molecule is CC1(C)[C@H]2C[C@H](NS(=O)(=O)C=Cc3ccc(Cl)cc3)[C@@H](CC=O)[C@@H]1C2. The zero-order valence-corrected chi connectivity index (χ0v) is 16.1. The number of halogens is 1. The molecule has 0 heterocycles. The van der Waals surface area contributed by atoms with Gasteiger partial charge in [0.15, 0.2) is 0 Å². The lowest BCUT2D eigenvalue weighted by Gasteiger charge is -2.62. The Labute approximate surface area is 154 Å². The number of rotatable bonds is 6. The van der Waals surface area contributed by atoms with Crippen molar-refractivity contribution in [1.29, 1.82) is 0 Å². The highest BCUT2D eigenvalue weighted by molar-refractivity contribution is 7.92. The zero-order valence-electron chi connectivity index (χ0n) is 14.5. The number of hydrogen-bond donors (Lipinski definition) is 1. The van der Waals surface area contributed by atoms with Crippen LogP contribution >= 0.6 is 11.6 Å². The average Bonchev–Trinajstić information content (AvgIpc) is 2.55. The molecule has 3 fully saturated rings. The van der Waals surface area contributed by atoms with Gasteiger partial charge in [0.05, 0.1) is 0 Å². The van der Waals surface area contributed by atoms with Crippen molar-refractivity contribution >= 4 is 34.0 Å². The maximum Gasteiger partial charge on any atom is 0.233 e. The van der Waals surface area contributed by atoms with Crippen LogP contribution in [0.1, 0.15) is 38.7 Å². The predicted octanol–water partition coefficient (Wildman–Crippen LogP) is 3.87. The van der Waals surface area contributed by atoms with Gasteiger partial charge in [-0.25, -0.2) is 13.1 Å². The standard InChI is InChI=1S/C19H24ClNO3S/c1-19(2)14-11-17(19)16(7-9-22)18(12-14)21-25(23,24)10-8-13-3-5-15(20)6-4-13/h3-6,8-10,14,16-18,21H,7,11-12H2,1-2H3/t14-,16+,17+,18+/m1/s1. The third-order valence-electron chi connectivity index (χ3n) is 6.11. The van der Waals surface area contributed by atoms with E-state index in [9.17, 15) is 13.2 Å². The quantitative estimate of drug-likeness (QED) is 0.761. The molecule has 0 saturated heterocycles. The van der Waals surface area contributed by atoms with Crippen molar-refractivity contribution in [2.24, 2.45) is 23.2 Å². The van der Waals surface area contributed by atoms with Crippen molar-refractivity contribution in [3.8, 4) is 0 Å². The second-order valence-electron chi connectivity index (χ2n) is 7.79. The predicted molar refractivity (Wildman–Crippen MR) is 100 cm³/mol. The Balaban J connectivity index is 1.71. The topological polar surface area (TPSA) is 63.2 Å². The highest BCUT2D eigenvalue weighted by Crippen LogP contribution is 2.61. The smallest absolute Gasteiger partial charge is 0.233 e. The molecule has 1 N–H and O–H groups in total. The maximum atomic E-state index is 12.5. The molecule has 0 spiro atoms. The van der Waals surface area contributed by atoms with Crippen molar-refractivity contribution in [3.05, 3.63) is 40.3 Å². The third-order valence-corrected chi connectivity index (χ3v) is 7.49. The molecule has 0 aromatic heterocycles. The summed E-state index contributed by atoms with van der Waals surface area (Å²) in [6.07, 6.45) is 4.79. The van der Waals surface area contributed by atoms with Crippen LogP contribution in [0.3, 0.4) is 0 Å². The molecule has 2 bridgehead atoms. The molecule has 0 aliphatic heterocycles. The molecule has 0 unspecified atom stereocenters. The zero-order chi connectivity index (χ0) is 18.2. The van der Waals surface area contributed by atoms with Crippen molar-refractivity contribution < 1.29 is 13.2 Å². The summed E-state index contributed by atoms with van der Waals surface area (Å²) < 4.78 is 27.7. The van der Waals surface area contributed by atoms with E-state index in [-0.39, 0.29) is 17.4 Å². The van der Waals surface area contributed by atoms with Crippen molar-refractivity contribution in [3.63, 3.8) is 0 Å². The molecule has 136 valence electrons. The lowest BCUT2D eigenvalue weighted by atomic mass is 9.44. The number of hydrogen-bond acceptors (Lipinski definition) is 3. The summed E-state index contributed by atoms with van der Waals surface area (Å²) >= 11 is 5.83. The highest BCUT2D eigenvalue weighted by Gasteiger charge is 2.57. The van der Waals surface area contributed by atoms with Crippen molar-refractivity contribution in [1.82, 2.24) is 4.72 Å². The Morgan fingerprint density at radius 2 is 1.92 bits per heavy atom. The summed E-state index contributed by atoms with van der Waals surface area (Å²) in [6.45, 7) is 4.46. The largest absolute Gasteiger partial charge is 0.303 e. The summed E-state index contributed by atoms with van der Waals surface area (Å²) in [5.74, 6) is 1.01. The first-order chi connectivity index (χ1) is 11.7. The van der Waals surface area contributed by atoms with Crippen LogP contribution < -0.4 is 4.72 Å². The van der Waals surface area contributed by atoms with Crippen LogP contribution in [-0.4, -0.2) is 20.7 Å². The third kappa shape index (κ3) is 3.83. The van der Waals surface area contributed by atoms with E-state index in [1.165, 1.54) is 5.41 Å². The summed E-state index contributed by atoms with van der Waals surface area (Å²) in [5, 5.41) is 1.80. The monoisotopic (exact) mass is 381 g/mol. The van der Waals surface area contributed by atoms with Gasteiger partial charge in [0.25, 0.3) is 0 Å². The molecule has 3 aliphatic carbocycles. The minimum atomic E-state index is -3.56. The molecule has 4 rings (SSSR count). The van der Waals surface area contributed by atoms with Crippen LogP contribution in [0.4, 0.5) is 0 Å². The minimum absolute atomic E-state index is 0.0798. The molecular weight excluding hydrogens is 358 g/mol. The molecule has 25 heavy (non-hydrogen) atoms. The van der Waals surface area contributed by atoms with Gasteiger partial charge in [0, 0.05) is 22.9 Å². The fourth-order valence-electron chi connectivity index (χ4n) is 4.51. The number of fused-ring (bicyclic) bond motifs is 2. The fourth-order valence-corrected chi connectivity index (χ4v) is 5.75. The van der Waals surface area contributed by atoms with E-state index in [0.29, 0.717) is 23.3 Å². The Bertz CT molecular complexity index is 770. The van der Waals surface area contributed by atoms with Gasteiger partial charge >= 0.3 is 0 Å². The van der Waals surface area contributed by atoms with Crippen molar-refractivity contribution in [2.45, 2.75) is 39.2 Å². The Morgan fingerprint density at radius 1 is 1.24 bits per heavy atom. The Morgan fingerprint density at radius 3 is 2.52 bits per heavy atom.